The number of rotatable bonds is 19. The highest BCUT2D eigenvalue weighted by Gasteiger charge is 2.25. The number of esters is 1. The van der Waals surface area contributed by atoms with Crippen LogP contribution in [0.15, 0.2) is 18.2 Å². The summed E-state index contributed by atoms with van der Waals surface area (Å²) in [5.41, 5.74) is 6.57. The van der Waals surface area contributed by atoms with Crippen molar-refractivity contribution in [3.8, 4) is 11.5 Å². The number of carbonyl (C=O) groups is 4. The molecule has 0 saturated carbocycles. The summed E-state index contributed by atoms with van der Waals surface area (Å²) in [6.45, 7) is 9.77. The van der Waals surface area contributed by atoms with Crippen LogP contribution in [0.2, 0.25) is 0 Å². The lowest BCUT2D eigenvalue weighted by molar-refractivity contribution is -0.155. The number of hydrogen-bond acceptors (Lipinski definition) is 12. The van der Waals surface area contributed by atoms with Gasteiger partial charge in [-0.2, -0.15) is 0 Å². The van der Waals surface area contributed by atoms with E-state index >= 15 is 0 Å². The fraction of sp³-hybridized carbons (Fsp3) is 0.667. The molecule has 0 spiro atoms. The minimum absolute atomic E-state index is 0.00347. The zero-order valence-electron chi connectivity index (χ0n) is 25.5. The van der Waals surface area contributed by atoms with Crippen LogP contribution in [-0.2, 0) is 34.9 Å². The molecule has 0 aliphatic rings. The molecule has 42 heavy (non-hydrogen) atoms. The summed E-state index contributed by atoms with van der Waals surface area (Å²) in [5.74, 6) is -0.895. The van der Waals surface area contributed by atoms with Gasteiger partial charge in [-0.1, -0.05) is 58.9 Å². The zero-order valence-corrected chi connectivity index (χ0v) is 25.5. The number of hydrogen-bond donors (Lipinski definition) is 1. The third kappa shape index (κ3) is 15.5. The molecule has 1 unspecified atom stereocenters. The molecule has 3 atom stereocenters. The number of carbonyl (C=O) groups excluding carboxylic acids is 4. The molecule has 0 heterocycles. The average molecular weight is 598 g/mol. The van der Waals surface area contributed by atoms with Crippen LogP contribution in [0.25, 0.3) is 0 Å². The molecule has 0 aromatic heterocycles. The molecule has 0 radical (unpaired) electrons. The molecule has 1 rings (SSSR count). The Balaban J connectivity index is 2.84. The van der Waals surface area contributed by atoms with Crippen LogP contribution in [0.5, 0.6) is 11.5 Å². The lowest BCUT2D eigenvalue weighted by Crippen LogP contribution is -2.39. The molecule has 1 aromatic carbocycles. The predicted octanol–water partition coefficient (Wildman–Crippen LogP) is 6.24. The summed E-state index contributed by atoms with van der Waals surface area (Å²) in [7, 11) is 0. The molecule has 0 bridgehead atoms. The van der Waals surface area contributed by atoms with Gasteiger partial charge in [0.05, 0.1) is 19.8 Å². The Morgan fingerprint density at radius 3 is 1.74 bits per heavy atom. The molecule has 12 heteroatoms. The quantitative estimate of drug-likeness (QED) is 0.0829. The fourth-order valence-corrected chi connectivity index (χ4v) is 3.38. The van der Waals surface area contributed by atoms with Crippen molar-refractivity contribution in [2.24, 2.45) is 5.73 Å². The Hall–Kier alpha value is -3.54. The van der Waals surface area contributed by atoms with E-state index in [1.165, 1.54) is 12.1 Å². The highest BCUT2D eigenvalue weighted by Crippen LogP contribution is 2.30. The Labute approximate surface area is 248 Å². The Morgan fingerprint density at radius 1 is 0.667 bits per heavy atom. The lowest BCUT2D eigenvalue weighted by Gasteiger charge is -2.22. The molecule has 2 N–H and O–H groups in total. The summed E-state index contributed by atoms with van der Waals surface area (Å²) in [6, 6.07) is 3.29. The van der Waals surface area contributed by atoms with E-state index in [2.05, 4.69) is 0 Å². The van der Waals surface area contributed by atoms with Crippen molar-refractivity contribution < 1.29 is 52.3 Å². The van der Waals surface area contributed by atoms with Gasteiger partial charge in [-0.15, -0.1) is 0 Å². The first-order valence-corrected chi connectivity index (χ1v) is 14.7. The van der Waals surface area contributed by atoms with Gasteiger partial charge in [-0.25, -0.2) is 14.4 Å². The molecule has 0 fully saturated rings. The summed E-state index contributed by atoms with van der Waals surface area (Å²) in [6.07, 6.45) is 2.36. The Bertz CT molecular complexity index is 969. The topological polar surface area (TPSA) is 159 Å². The van der Waals surface area contributed by atoms with Crippen molar-refractivity contribution in [1.82, 2.24) is 0 Å². The highest BCUT2D eigenvalue weighted by molar-refractivity contribution is 5.76. The van der Waals surface area contributed by atoms with Crippen molar-refractivity contribution in [2.75, 3.05) is 19.8 Å². The van der Waals surface area contributed by atoms with Crippen molar-refractivity contribution >= 4 is 24.4 Å². The largest absolute Gasteiger partial charge is 0.513 e. The third-order valence-electron chi connectivity index (χ3n) is 6.05. The second-order valence-electron chi connectivity index (χ2n) is 9.82. The molecule has 0 aliphatic heterocycles. The van der Waals surface area contributed by atoms with Gasteiger partial charge in [0, 0.05) is 0 Å². The van der Waals surface area contributed by atoms with Gasteiger partial charge in [0.2, 0.25) is 0 Å². The van der Waals surface area contributed by atoms with E-state index in [9.17, 15) is 19.2 Å². The Morgan fingerprint density at radius 2 is 1.17 bits per heavy atom. The molecule has 12 nitrogen and oxygen atoms in total. The van der Waals surface area contributed by atoms with E-state index in [-0.39, 0.29) is 37.7 Å². The molecule has 238 valence electrons. The number of ether oxygens (including phenoxy) is 7. The summed E-state index contributed by atoms with van der Waals surface area (Å²) < 4.78 is 36.2. The highest BCUT2D eigenvalue weighted by atomic mass is 16.7. The van der Waals surface area contributed by atoms with E-state index in [0.29, 0.717) is 24.8 Å². The van der Waals surface area contributed by atoms with E-state index < -0.39 is 42.7 Å². The van der Waals surface area contributed by atoms with Gasteiger partial charge in [0.25, 0.3) is 0 Å². The van der Waals surface area contributed by atoms with Crippen LogP contribution >= 0.6 is 0 Å². The number of nitrogens with two attached hydrogens (primary N) is 1. The molecule has 0 saturated heterocycles. The van der Waals surface area contributed by atoms with E-state index in [4.69, 9.17) is 38.9 Å². The molecule has 0 aliphatic carbocycles. The predicted molar refractivity (Wildman–Crippen MR) is 153 cm³/mol. The Kier molecular flexibility index (Phi) is 18.4. The number of unbranched alkanes of at least 4 members (excludes halogenated alkanes) is 5. The second kappa shape index (κ2) is 21.2. The molecule has 1 aromatic rings. The zero-order chi connectivity index (χ0) is 31.3. The van der Waals surface area contributed by atoms with E-state index in [0.717, 1.165) is 32.1 Å². The lowest BCUT2D eigenvalue weighted by atomic mass is 10.1. The second-order valence-corrected chi connectivity index (χ2v) is 9.82. The fourth-order valence-electron chi connectivity index (χ4n) is 3.38. The molecular formula is C30H47NO11. The average Bonchev–Trinajstić information content (AvgIpc) is 2.94. The first-order chi connectivity index (χ1) is 20.1. The molecule has 0 amide bonds. The van der Waals surface area contributed by atoms with Crippen LogP contribution < -0.4 is 15.2 Å². The number of benzene rings is 1. The minimum atomic E-state index is -1.10. The summed E-state index contributed by atoms with van der Waals surface area (Å²) in [4.78, 5) is 48.8. The summed E-state index contributed by atoms with van der Waals surface area (Å²) in [5, 5.41) is 0. The van der Waals surface area contributed by atoms with Crippen molar-refractivity contribution in [3.05, 3.63) is 23.8 Å². The van der Waals surface area contributed by atoms with Gasteiger partial charge in [0.1, 0.15) is 18.2 Å². The van der Waals surface area contributed by atoms with Crippen LogP contribution in [0, 0.1) is 0 Å². The first-order valence-electron chi connectivity index (χ1n) is 14.7. The maximum absolute atomic E-state index is 12.6. The molecular weight excluding hydrogens is 550 g/mol. The van der Waals surface area contributed by atoms with Gasteiger partial charge in [-0.3, -0.25) is 4.79 Å². The standard InChI is InChI=1S/C30H47NO11/c1-6-9-12-17-37-29(34)41-25-15-14-23(20-26(25)42-30(35)38-18-13-10-7-2)19-24(31)27(32)39-21(4)22(5)40-28(33)36-16-11-8-3/h14-15,20-22,24H,6-13,16-19,31H2,1-5H3/t21-,22?,24-/m0/s1. The van der Waals surface area contributed by atoms with Gasteiger partial charge >= 0.3 is 24.4 Å². The van der Waals surface area contributed by atoms with Crippen LogP contribution in [-0.4, -0.2) is 62.5 Å². The van der Waals surface area contributed by atoms with E-state index in [1.54, 1.807) is 19.9 Å². The maximum atomic E-state index is 12.6. The van der Waals surface area contributed by atoms with Gasteiger partial charge in [0.15, 0.2) is 11.5 Å². The van der Waals surface area contributed by atoms with Crippen LogP contribution in [0.3, 0.4) is 0 Å². The smallest absolute Gasteiger partial charge is 0.458 e. The maximum Gasteiger partial charge on any atom is 0.513 e. The SMILES string of the molecule is CCCCCOC(=O)Oc1ccc(C[C@H](N)C(=O)O[C@@H](C)C(C)OC(=O)OCCCC)cc1OC(=O)OCCCCC. The minimum Gasteiger partial charge on any atom is -0.458 e. The third-order valence-corrected chi connectivity index (χ3v) is 6.05. The van der Waals surface area contributed by atoms with Crippen LogP contribution in [0.4, 0.5) is 14.4 Å². The van der Waals surface area contributed by atoms with Crippen molar-refractivity contribution in [1.29, 1.82) is 0 Å². The normalized spacial score (nSPS) is 12.8. The van der Waals surface area contributed by atoms with Crippen molar-refractivity contribution in [2.45, 2.75) is 111 Å². The van der Waals surface area contributed by atoms with Crippen molar-refractivity contribution in [3.63, 3.8) is 0 Å². The monoisotopic (exact) mass is 597 g/mol. The van der Waals surface area contributed by atoms with Gasteiger partial charge in [-0.05, 0) is 57.2 Å². The van der Waals surface area contributed by atoms with Gasteiger partial charge < -0.3 is 38.9 Å². The van der Waals surface area contributed by atoms with E-state index in [1.807, 2.05) is 20.8 Å². The van der Waals surface area contributed by atoms with Crippen LogP contribution in [0.1, 0.15) is 91.5 Å². The summed E-state index contributed by atoms with van der Waals surface area (Å²) >= 11 is 0. The first kappa shape index (κ1) is 36.5.